The zero-order valence-electron chi connectivity index (χ0n) is 40.9. The molecule has 1 saturated heterocycles. The number of benzene rings is 4. The molecule has 0 amide bonds. The van der Waals surface area contributed by atoms with Gasteiger partial charge in [0, 0.05) is 37.3 Å². The molecule has 7 rings (SSSR count). The van der Waals surface area contributed by atoms with Gasteiger partial charge in [-0.05, 0) is 22.3 Å². The molecule has 36 heteroatoms. The molecule has 4 aromatic carbocycles. The fraction of sp³-hybridized carbons (Fsp3) is 0.375. The first kappa shape index (κ1) is 63.9. The van der Waals surface area contributed by atoms with Crippen LogP contribution in [0.3, 0.4) is 0 Å². The van der Waals surface area contributed by atoms with E-state index in [9.17, 15) is 114 Å². The molecule has 0 bridgehead atoms. The number of hydrogen-bond donors (Lipinski definition) is 0. The minimum atomic E-state index is -8.23. The van der Waals surface area contributed by atoms with E-state index in [0.29, 0.717) is 22.3 Å². The molecular weight excluding hydrogens is 1210 g/mol. The molecule has 1 fully saturated rings. The van der Waals surface area contributed by atoms with Gasteiger partial charge in [0.1, 0.15) is 0 Å². The van der Waals surface area contributed by atoms with Gasteiger partial charge in [0.25, 0.3) is 0 Å². The van der Waals surface area contributed by atoms with Crippen molar-refractivity contribution in [3.05, 3.63) is 109 Å². The topological polar surface area (TPSA) is 102 Å². The van der Waals surface area contributed by atoms with Crippen molar-refractivity contribution in [1.82, 2.24) is 29.9 Å². The molecule has 2 aromatic heterocycles. The molecule has 0 atom stereocenters. The van der Waals surface area contributed by atoms with Gasteiger partial charge in [0.15, 0.2) is 24.9 Å². The van der Waals surface area contributed by atoms with E-state index in [4.69, 9.17) is 0 Å². The zero-order valence-corrected chi connectivity index (χ0v) is 40.9. The van der Waals surface area contributed by atoms with E-state index in [2.05, 4.69) is 39.4 Å². The van der Waals surface area contributed by atoms with Gasteiger partial charge < -0.3 is 19.3 Å². The summed E-state index contributed by atoms with van der Waals surface area (Å²) >= 11 is 0. The summed E-state index contributed by atoms with van der Waals surface area (Å²) in [5.41, 5.74) is 2.00. The molecule has 1 aliphatic rings. The Hall–Kier alpha value is -7.72. The van der Waals surface area contributed by atoms with Crippen molar-refractivity contribution in [3.8, 4) is 57.1 Å². The first-order valence-corrected chi connectivity index (χ1v) is 23.0. The van der Waals surface area contributed by atoms with Gasteiger partial charge in [0.2, 0.25) is 11.9 Å². The second kappa shape index (κ2) is 21.7. The predicted molar refractivity (Wildman–Crippen MR) is 238 cm³/mol. The van der Waals surface area contributed by atoms with Gasteiger partial charge in [0.05, 0.1) is 0 Å². The van der Waals surface area contributed by atoms with E-state index >= 15 is 0 Å². The number of anilines is 2. The Bertz CT molecular complexity index is 3040. The lowest BCUT2D eigenvalue weighted by atomic mass is 9.94. The van der Waals surface area contributed by atoms with Crippen molar-refractivity contribution in [2.75, 3.05) is 49.2 Å². The first-order valence-electron chi connectivity index (χ1n) is 23.0. The summed E-state index contributed by atoms with van der Waals surface area (Å²) in [6.07, 6.45) is -15.4. The van der Waals surface area contributed by atoms with Gasteiger partial charge in [-0.15, -0.1) is 0 Å². The predicted octanol–water partition coefficient (Wildman–Crippen LogP) is 14.3. The van der Waals surface area contributed by atoms with Crippen LogP contribution in [0.15, 0.2) is 109 Å². The molecule has 0 aliphatic carbocycles. The number of ether oxygens (including phenoxy) is 2. The van der Waals surface area contributed by atoms with E-state index in [0.717, 1.165) is 9.80 Å². The summed E-state index contributed by atoms with van der Waals surface area (Å²) in [7, 11) is 0. The highest BCUT2D eigenvalue weighted by atomic mass is 19.4. The highest BCUT2D eigenvalue weighted by Crippen LogP contribution is 2.62. The van der Waals surface area contributed by atoms with Crippen molar-refractivity contribution in [2.45, 2.75) is 71.6 Å². The largest absolute Gasteiger partial charge is 0.460 e. The summed E-state index contributed by atoms with van der Waals surface area (Å²) in [6, 6.07) is 24.1. The molecule has 0 N–H and O–H groups in total. The highest BCUT2D eigenvalue weighted by molar-refractivity contribution is 5.69. The second-order valence-electron chi connectivity index (χ2n) is 17.9. The Kier molecular flexibility index (Phi) is 16.5. The molecule has 10 nitrogen and oxygen atoms in total. The van der Waals surface area contributed by atoms with Crippen LogP contribution in [0.2, 0.25) is 0 Å². The van der Waals surface area contributed by atoms with Crippen LogP contribution < -0.4 is 19.3 Å². The average molecular weight is 1240 g/mol. The number of alkyl halides is 26. The smallest absolute Gasteiger partial charge is 0.457 e. The molecule has 0 unspecified atom stereocenters. The SMILES string of the molecule is FC(F)(F)C(F)(F)C(F)(F)C(F)(F)C(F)(F)C(F)(F)COc1nc(-c2ccc(-c3ccccc3)cc2)nc(N2CCN(c3nc(OCC(F)(F)C(F)(F)C(F)(F)C(F)(F)C(F)(F)C(F)(F)F)nc(-c4ccc(-c5ccccc5)cc4)n3)CC2)n1. The summed E-state index contributed by atoms with van der Waals surface area (Å²) in [5.74, 6) is -80.7. The maximum Gasteiger partial charge on any atom is 0.460 e. The Morgan fingerprint density at radius 2 is 0.536 bits per heavy atom. The van der Waals surface area contributed by atoms with Crippen LogP contribution in [0.4, 0.5) is 126 Å². The second-order valence-corrected chi connectivity index (χ2v) is 17.9. The molecule has 0 radical (unpaired) electrons. The van der Waals surface area contributed by atoms with Crippen molar-refractivity contribution >= 4 is 11.9 Å². The van der Waals surface area contributed by atoms with Gasteiger partial charge in [-0.1, -0.05) is 109 Å². The summed E-state index contributed by atoms with van der Waals surface area (Å²) in [4.78, 5) is 24.9. The van der Waals surface area contributed by atoms with Crippen LogP contribution >= 0.6 is 0 Å². The molecule has 0 saturated carbocycles. The number of aromatic nitrogens is 6. The van der Waals surface area contributed by atoms with Crippen LogP contribution in [0.25, 0.3) is 45.0 Å². The lowest BCUT2D eigenvalue weighted by Crippen LogP contribution is -2.70. The standard InChI is InChI=1S/C48H30F26N8O2/c49-37(50,39(53,54)41(57,58)43(61,62)45(65,66)47(69,70)71)23-83-35-77-31(29-15-11-27(12-16-29)25-7-3-1-4-8-25)75-33(79-35)81-19-21-82(22-20-81)34-76-32(30-17-13-28(14-18-30)26-9-5-2-6-10-26)78-36(80-34)84-24-38(51,52)40(55,56)42(59,60)44(63,64)46(67,68)48(72,73)74/h1-18H,19-24H2. The number of piperazine rings is 1. The third kappa shape index (κ3) is 11.3. The van der Waals surface area contributed by atoms with Crippen LogP contribution in [0.5, 0.6) is 12.0 Å². The number of nitrogens with zero attached hydrogens (tertiary/aromatic N) is 8. The van der Waals surface area contributed by atoms with E-state index < -0.39 is 147 Å². The Morgan fingerprint density at radius 3 is 0.810 bits per heavy atom. The van der Waals surface area contributed by atoms with Crippen molar-refractivity contribution in [1.29, 1.82) is 0 Å². The van der Waals surface area contributed by atoms with E-state index in [1.165, 1.54) is 48.5 Å². The Balaban J connectivity index is 1.20. The molecular formula is C48H30F26N8O2. The average Bonchev–Trinajstić information content (AvgIpc) is 0.866. The maximum absolute atomic E-state index is 14.9. The number of halogens is 26. The molecule has 0 spiro atoms. The van der Waals surface area contributed by atoms with Crippen molar-refractivity contribution in [3.63, 3.8) is 0 Å². The third-order valence-electron chi connectivity index (χ3n) is 12.3. The Morgan fingerprint density at radius 1 is 0.286 bits per heavy atom. The fourth-order valence-corrected chi connectivity index (χ4v) is 7.45. The van der Waals surface area contributed by atoms with Crippen LogP contribution in [-0.2, 0) is 0 Å². The maximum atomic E-state index is 14.9. The van der Waals surface area contributed by atoms with Gasteiger partial charge in [-0.25, -0.2) is 0 Å². The third-order valence-corrected chi connectivity index (χ3v) is 12.3. The van der Waals surface area contributed by atoms with Gasteiger partial charge in [-0.3, -0.25) is 0 Å². The minimum Gasteiger partial charge on any atom is -0.457 e. The van der Waals surface area contributed by atoms with Crippen LogP contribution in [-0.4, -0.2) is 141 Å². The lowest BCUT2D eigenvalue weighted by Gasteiger charge is -2.39. The van der Waals surface area contributed by atoms with Gasteiger partial charge >= 0.3 is 83.6 Å². The van der Waals surface area contributed by atoms with Gasteiger partial charge in [-0.2, -0.15) is 144 Å². The quantitative estimate of drug-likeness (QED) is 0.0687. The molecule has 1 aliphatic heterocycles. The number of hydrogen-bond acceptors (Lipinski definition) is 10. The molecule has 84 heavy (non-hydrogen) atoms. The fourth-order valence-electron chi connectivity index (χ4n) is 7.45. The van der Waals surface area contributed by atoms with Crippen LogP contribution in [0, 0.1) is 0 Å². The first-order chi connectivity index (χ1) is 38.5. The minimum absolute atomic E-state index is 0.110. The monoisotopic (exact) mass is 1240 g/mol. The molecule has 456 valence electrons. The van der Waals surface area contributed by atoms with Crippen molar-refractivity contribution < 1.29 is 124 Å². The normalized spacial score (nSPS) is 15.1. The zero-order chi connectivity index (χ0) is 62.7. The summed E-state index contributed by atoms with van der Waals surface area (Å²) in [5, 5.41) is 0. The van der Waals surface area contributed by atoms with E-state index in [1.807, 2.05) is 0 Å². The summed E-state index contributed by atoms with van der Waals surface area (Å²) in [6.45, 7) is -8.54. The van der Waals surface area contributed by atoms with E-state index in [1.54, 1.807) is 60.7 Å². The van der Waals surface area contributed by atoms with E-state index in [-0.39, 0.29) is 11.1 Å². The Labute approximate surface area is 452 Å². The molecule has 6 aromatic rings. The molecule has 3 heterocycles. The lowest BCUT2D eigenvalue weighted by molar-refractivity contribution is -0.440. The van der Waals surface area contributed by atoms with Crippen molar-refractivity contribution in [2.24, 2.45) is 0 Å². The number of rotatable bonds is 20. The van der Waals surface area contributed by atoms with Crippen LogP contribution in [0.1, 0.15) is 0 Å². The highest BCUT2D eigenvalue weighted by Gasteiger charge is 2.92. The summed E-state index contributed by atoms with van der Waals surface area (Å²) < 4.78 is 371.